The number of nitrogens with zero attached hydrogens (tertiary/aromatic N) is 1. The van der Waals surface area contributed by atoms with Gasteiger partial charge in [-0.3, -0.25) is 0 Å². The van der Waals surface area contributed by atoms with E-state index in [1.807, 2.05) is 60.1 Å². The Kier molecular flexibility index (Phi) is 5.01. The maximum absolute atomic E-state index is 13.9. The van der Waals surface area contributed by atoms with Crippen LogP contribution in [0, 0.1) is 6.92 Å². The van der Waals surface area contributed by atoms with Crippen molar-refractivity contribution < 1.29 is 13.5 Å². The molecule has 0 spiro atoms. The Bertz CT molecular complexity index is 1390. The summed E-state index contributed by atoms with van der Waals surface area (Å²) in [6.45, 7) is 1.91. The van der Waals surface area contributed by atoms with E-state index in [1.54, 1.807) is 48.5 Å². The molecule has 0 bridgehead atoms. The van der Waals surface area contributed by atoms with Crippen LogP contribution in [0.5, 0.6) is 0 Å². The van der Waals surface area contributed by atoms with Gasteiger partial charge in [0.1, 0.15) is 0 Å². The lowest BCUT2D eigenvalue weighted by Gasteiger charge is -2.29. The first-order chi connectivity index (χ1) is 15.4. The van der Waals surface area contributed by atoms with Crippen LogP contribution in [0.25, 0.3) is 6.08 Å². The third kappa shape index (κ3) is 3.19. The fourth-order valence-corrected chi connectivity index (χ4v) is 6.28. The lowest BCUT2D eigenvalue weighted by molar-refractivity contribution is 0.128. The minimum Gasteiger partial charge on any atom is -0.374 e. The summed E-state index contributed by atoms with van der Waals surface area (Å²) in [6.07, 6.45) is 1.76. The fraction of sp³-hybridized carbons (Fsp3) is 0.0769. The zero-order chi connectivity index (χ0) is 22.3. The second kappa shape index (κ2) is 7.74. The quantitative estimate of drug-likeness (QED) is 0.436. The van der Waals surface area contributed by atoms with Gasteiger partial charge < -0.3 is 5.11 Å². The van der Waals surface area contributed by atoms with Crippen molar-refractivity contribution in [2.75, 3.05) is 4.31 Å². The van der Waals surface area contributed by atoms with Crippen molar-refractivity contribution in [2.45, 2.75) is 17.4 Å². The molecule has 1 atom stereocenters. The lowest BCUT2D eigenvalue weighted by atomic mass is 9.85. The summed E-state index contributed by atoms with van der Waals surface area (Å²) in [6, 6.07) is 25.0. The Hall–Kier alpha value is -3.19. The molecule has 1 N–H and O–H groups in total. The van der Waals surface area contributed by atoms with Gasteiger partial charge >= 0.3 is 0 Å². The second-order valence-electron chi connectivity index (χ2n) is 7.76. The van der Waals surface area contributed by atoms with Crippen LogP contribution in [0.3, 0.4) is 0 Å². The average Bonchev–Trinajstić information content (AvgIpc) is 3.41. The Morgan fingerprint density at radius 3 is 2.28 bits per heavy atom. The van der Waals surface area contributed by atoms with E-state index in [4.69, 9.17) is 0 Å². The van der Waals surface area contributed by atoms with Crippen molar-refractivity contribution in [3.05, 3.63) is 124 Å². The highest BCUT2D eigenvalue weighted by molar-refractivity contribution is 7.93. The molecule has 0 amide bonds. The SMILES string of the molecule is Cc1ccc(S(=O)(=O)N2/C(=C\c3ccsc3)C(O)(c3ccccc3)c3ccccc32)cc1. The number of aryl methyl sites for hydroxylation is 1. The number of thiophene rings is 1. The average molecular weight is 460 g/mol. The van der Waals surface area contributed by atoms with Gasteiger partial charge in [-0.25, -0.2) is 12.7 Å². The van der Waals surface area contributed by atoms with Crippen LogP contribution in [0.1, 0.15) is 22.3 Å². The van der Waals surface area contributed by atoms with Crippen molar-refractivity contribution in [3.63, 3.8) is 0 Å². The predicted molar refractivity (Wildman–Crippen MR) is 129 cm³/mol. The van der Waals surface area contributed by atoms with E-state index >= 15 is 0 Å². The standard InChI is InChI=1S/C26H21NO3S2/c1-19-11-13-22(14-12-19)32(29,30)27-24-10-6-5-9-23(24)26(28,21-7-3-2-4-8-21)25(27)17-20-15-16-31-18-20/h2-18,28H,1H3/b25-17-. The van der Waals surface area contributed by atoms with Crippen molar-refractivity contribution in [2.24, 2.45) is 0 Å². The third-order valence-corrected chi connectivity index (χ3v) is 8.14. The summed E-state index contributed by atoms with van der Waals surface area (Å²) in [5, 5.41) is 16.1. The number of hydrogen-bond acceptors (Lipinski definition) is 4. The third-order valence-electron chi connectivity index (χ3n) is 5.70. The van der Waals surface area contributed by atoms with Crippen LogP contribution in [0.4, 0.5) is 5.69 Å². The smallest absolute Gasteiger partial charge is 0.268 e. The topological polar surface area (TPSA) is 57.6 Å². The molecule has 4 aromatic rings. The summed E-state index contributed by atoms with van der Waals surface area (Å²) in [5.74, 6) is 0. The molecule has 6 heteroatoms. The summed E-state index contributed by atoms with van der Waals surface area (Å²) in [4.78, 5) is 0.173. The van der Waals surface area contributed by atoms with Crippen LogP contribution < -0.4 is 4.31 Å². The number of fused-ring (bicyclic) bond motifs is 1. The number of aliphatic hydroxyl groups is 1. The lowest BCUT2D eigenvalue weighted by Crippen LogP contribution is -2.35. The largest absolute Gasteiger partial charge is 0.374 e. The van der Waals surface area contributed by atoms with Crippen LogP contribution >= 0.6 is 11.3 Å². The van der Waals surface area contributed by atoms with Crippen molar-refractivity contribution in [1.29, 1.82) is 0 Å². The molecule has 4 nitrogen and oxygen atoms in total. The van der Waals surface area contributed by atoms with Crippen molar-refractivity contribution >= 4 is 33.1 Å². The first-order valence-corrected chi connectivity index (χ1v) is 12.5. The van der Waals surface area contributed by atoms with Gasteiger partial charge in [0.15, 0.2) is 5.60 Å². The highest BCUT2D eigenvalue weighted by Gasteiger charge is 2.51. The molecule has 160 valence electrons. The van der Waals surface area contributed by atoms with E-state index in [9.17, 15) is 13.5 Å². The summed E-state index contributed by atoms with van der Waals surface area (Å²) in [7, 11) is -3.99. The summed E-state index contributed by atoms with van der Waals surface area (Å²) in [5.41, 5.74) is 2.04. The van der Waals surface area contributed by atoms with Gasteiger partial charge in [-0.15, -0.1) is 0 Å². The van der Waals surface area contributed by atoms with E-state index in [0.717, 1.165) is 11.1 Å². The van der Waals surface area contributed by atoms with E-state index in [-0.39, 0.29) is 10.6 Å². The van der Waals surface area contributed by atoms with Gasteiger partial charge in [-0.2, -0.15) is 11.3 Å². The van der Waals surface area contributed by atoms with Crippen LogP contribution in [-0.4, -0.2) is 13.5 Å². The van der Waals surface area contributed by atoms with E-state index in [0.29, 0.717) is 16.8 Å². The number of benzene rings is 3. The maximum Gasteiger partial charge on any atom is 0.268 e. The fourth-order valence-electron chi connectivity index (χ4n) is 4.11. The summed E-state index contributed by atoms with van der Waals surface area (Å²) >= 11 is 1.52. The maximum atomic E-state index is 13.9. The number of hydrogen-bond donors (Lipinski definition) is 1. The minimum atomic E-state index is -3.99. The highest BCUT2D eigenvalue weighted by atomic mass is 32.2. The molecule has 0 fully saturated rings. The van der Waals surface area contributed by atoms with Gasteiger partial charge in [0, 0.05) is 5.56 Å². The van der Waals surface area contributed by atoms with E-state index in [1.165, 1.54) is 15.6 Å². The first-order valence-electron chi connectivity index (χ1n) is 10.2. The number of rotatable bonds is 4. The van der Waals surface area contributed by atoms with Crippen LogP contribution in [0.2, 0.25) is 0 Å². The molecule has 2 heterocycles. The number of sulfonamides is 1. The van der Waals surface area contributed by atoms with Crippen LogP contribution in [-0.2, 0) is 15.6 Å². The molecule has 1 unspecified atom stereocenters. The molecule has 1 aliphatic rings. The highest BCUT2D eigenvalue weighted by Crippen LogP contribution is 2.52. The molecule has 1 aromatic heterocycles. The second-order valence-corrected chi connectivity index (χ2v) is 10.3. The normalized spacial score (nSPS) is 19.3. The molecule has 0 aliphatic carbocycles. The molecular formula is C26H21NO3S2. The minimum absolute atomic E-state index is 0.173. The zero-order valence-corrected chi connectivity index (χ0v) is 19.0. The monoisotopic (exact) mass is 459 g/mol. The van der Waals surface area contributed by atoms with Gasteiger partial charge in [0.2, 0.25) is 0 Å². The molecule has 3 aromatic carbocycles. The van der Waals surface area contributed by atoms with Crippen molar-refractivity contribution in [3.8, 4) is 0 Å². The Morgan fingerprint density at radius 1 is 0.906 bits per heavy atom. The van der Waals surface area contributed by atoms with Gasteiger partial charge in [-0.1, -0.05) is 66.2 Å². The van der Waals surface area contributed by atoms with E-state index < -0.39 is 15.6 Å². The van der Waals surface area contributed by atoms with Gasteiger partial charge in [-0.05, 0) is 59.2 Å². The molecular weight excluding hydrogens is 438 g/mol. The van der Waals surface area contributed by atoms with Gasteiger partial charge in [0.05, 0.1) is 16.3 Å². The molecule has 32 heavy (non-hydrogen) atoms. The molecule has 0 saturated heterocycles. The van der Waals surface area contributed by atoms with Gasteiger partial charge in [0.25, 0.3) is 10.0 Å². The molecule has 0 radical (unpaired) electrons. The molecule has 1 aliphatic heterocycles. The summed E-state index contributed by atoms with van der Waals surface area (Å²) < 4.78 is 29.2. The Morgan fingerprint density at radius 2 is 1.59 bits per heavy atom. The van der Waals surface area contributed by atoms with E-state index in [2.05, 4.69) is 0 Å². The predicted octanol–water partition coefficient (Wildman–Crippen LogP) is 5.54. The molecule has 0 saturated carbocycles. The number of anilines is 1. The van der Waals surface area contributed by atoms with Crippen molar-refractivity contribution in [1.82, 2.24) is 0 Å². The number of para-hydroxylation sites is 1. The van der Waals surface area contributed by atoms with Crippen LogP contribution in [0.15, 0.2) is 106 Å². The Balaban J connectivity index is 1.82. The zero-order valence-electron chi connectivity index (χ0n) is 17.3. The first kappa shape index (κ1) is 20.7. The Labute approximate surface area is 191 Å². The molecule has 5 rings (SSSR count).